The molecular formula is C7H15BrO. The van der Waals surface area contributed by atoms with Gasteiger partial charge in [-0.25, -0.2) is 0 Å². The molecule has 0 aromatic rings. The van der Waals surface area contributed by atoms with Crippen LogP contribution in [0.5, 0.6) is 0 Å². The van der Waals surface area contributed by atoms with E-state index in [1.807, 2.05) is 0 Å². The second-order valence-electron chi connectivity index (χ2n) is 2.50. The van der Waals surface area contributed by atoms with Crippen LogP contribution in [0.3, 0.4) is 0 Å². The minimum atomic E-state index is 0.139. The molecule has 0 bridgehead atoms. The third-order valence-electron chi connectivity index (χ3n) is 2.12. The molecule has 0 radical (unpaired) electrons. The fourth-order valence-electron chi connectivity index (χ4n) is 0.705. The maximum absolute atomic E-state index is 8.95. The Morgan fingerprint density at radius 2 is 1.78 bits per heavy atom. The molecule has 9 heavy (non-hydrogen) atoms. The summed E-state index contributed by atoms with van der Waals surface area (Å²) in [4.78, 5) is 0. The molecule has 0 atom stereocenters. The van der Waals surface area contributed by atoms with Gasteiger partial charge < -0.3 is 5.11 Å². The highest BCUT2D eigenvalue weighted by Crippen LogP contribution is 2.27. The van der Waals surface area contributed by atoms with Crippen molar-refractivity contribution in [1.82, 2.24) is 0 Å². The van der Waals surface area contributed by atoms with Crippen LogP contribution in [0.4, 0.5) is 0 Å². The van der Waals surface area contributed by atoms with Gasteiger partial charge in [-0.15, -0.1) is 0 Å². The van der Waals surface area contributed by atoms with E-state index in [-0.39, 0.29) is 5.41 Å². The van der Waals surface area contributed by atoms with Crippen LogP contribution >= 0.6 is 15.9 Å². The predicted octanol–water partition coefficient (Wildman–Crippen LogP) is 2.18. The highest BCUT2D eigenvalue weighted by molar-refractivity contribution is 9.09. The Kier molecular flexibility index (Phi) is 4.50. The molecule has 0 aliphatic heterocycles. The van der Waals surface area contributed by atoms with Crippen molar-refractivity contribution in [3.63, 3.8) is 0 Å². The van der Waals surface area contributed by atoms with E-state index in [2.05, 4.69) is 29.8 Å². The normalized spacial score (nSPS) is 12.0. The SMILES string of the molecule is CCC(CC)(CO)CBr. The van der Waals surface area contributed by atoms with Crippen molar-refractivity contribution in [3.05, 3.63) is 0 Å². The molecule has 1 nitrogen and oxygen atoms in total. The van der Waals surface area contributed by atoms with Gasteiger partial charge in [-0.05, 0) is 12.8 Å². The molecule has 0 aromatic heterocycles. The lowest BCUT2D eigenvalue weighted by Crippen LogP contribution is -2.25. The summed E-state index contributed by atoms with van der Waals surface area (Å²) in [7, 11) is 0. The van der Waals surface area contributed by atoms with Gasteiger partial charge in [0.25, 0.3) is 0 Å². The number of aliphatic hydroxyl groups excluding tert-OH is 1. The van der Waals surface area contributed by atoms with E-state index in [0.29, 0.717) is 6.61 Å². The van der Waals surface area contributed by atoms with Crippen LogP contribution in [0.25, 0.3) is 0 Å². The van der Waals surface area contributed by atoms with E-state index >= 15 is 0 Å². The Morgan fingerprint density at radius 3 is 1.78 bits per heavy atom. The Bertz CT molecular complexity index is 51.8. The molecule has 2 heteroatoms. The first-order valence-electron chi connectivity index (χ1n) is 3.41. The summed E-state index contributed by atoms with van der Waals surface area (Å²) in [5.74, 6) is 0. The Balaban J connectivity index is 3.82. The van der Waals surface area contributed by atoms with Crippen molar-refractivity contribution in [2.24, 2.45) is 5.41 Å². The Hall–Kier alpha value is 0.440. The first kappa shape index (κ1) is 9.44. The van der Waals surface area contributed by atoms with Crippen LogP contribution in [0.1, 0.15) is 26.7 Å². The molecule has 0 saturated heterocycles. The standard InChI is InChI=1S/C7H15BrO/c1-3-7(4-2,5-8)6-9/h9H,3-6H2,1-2H3. The fraction of sp³-hybridized carbons (Fsp3) is 1.00. The van der Waals surface area contributed by atoms with E-state index in [4.69, 9.17) is 5.11 Å². The number of halogens is 1. The Morgan fingerprint density at radius 1 is 1.33 bits per heavy atom. The summed E-state index contributed by atoms with van der Waals surface area (Å²) in [5.41, 5.74) is 0.139. The second kappa shape index (κ2) is 4.29. The smallest absolute Gasteiger partial charge is 0.0495 e. The monoisotopic (exact) mass is 194 g/mol. The molecule has 56 valence electrons. The molecule has 0 spiro atoms. The zero-order valence-corrected chi connectivity index (χ0v) is 7.74. The molecule has 0 heterocycles. The van der Waals surface area contributed by atoms with E-state index in [9.17, 15) is 0 Å². The average Bonchev–Trinajstić information content (AvgIpc) is 1.95. The summed E-state index contributed by atoms with van der Waals surface area (Å²) in [6.45, 7) is 4.52. The van der Waals surface area contributed by atoms with Crippen LogP contribution in [0.2, 0.25) is 0 Å². The molecular weight excluding hydrogens is 180 g/mol. The number of hydrogen-bond acceptors (Lipinski definition) is 1. The van der Waals surface area contributed by atoms with E-state index in [1.165, 1.54) is 0 Å². The van der Waals surface area contributed by atoms with Crippen molar-refractivity contribution >= 4 is 15.9 Å². The molecule has 0 saturated carbocycles. The average molecular weight is 195 g/mol. The maximum atomic E-state index is 8.95. The van der Waals surface area contributed by atoms with Crippen molar-refractivity contribution in [2.75, 3.05) is 11.9 Å². The van der Waals surface area contributed by atoms with Gasteiger partial charge in [0.05, 0.1) is 0 Å². The predicted molar refractivity (Wildman–Crippen MR) is 43.9 cm³/mol. The Labute approximate surface area is 65.6 Å². The van der Waals surface area contributed by atoms with Crippen molar-refractivity contribution < 1.29 is 5.11 Å². The minimum absolute atomic E-state index is 0.139. The van der Waals surface area contributed by atoms with E-state index < -0.39 is 0 Å². The van der Waals surface area contributed by atoms with E-state index in [0.717, 1.165) is 18.2 Å². The molecule has 0 aliphatic carbocycles. The lowest BCUT2D eigenvalue weighted by Gasteiger charge is -2.26. The van der Waals surface area contributed by atoms with Gasteiger partial charge >= 0.3 is 0 Å². The summed E-state index contributed by atoms with van der Waals surface area (Å²) in [5, 5.41) is 9.85. The van der Waals surface area contributed by atoms with Gasteiger partial charge in [0, 0.05) is 17.4 Å². The van der Waals surface area contributed by atoms with Crippen LogP contribution < -0.4 is 0 Å². The van der Waals surface area contributed by atoms with Gasteiger partial charge in [-0.2, -0.15) is 0 Å². The third kappa shape index (κ3) is 2.26. The van der Waals surface area contributed by atoms with Crippen molar-refractivity contribution in [3.8, 4) is 0 Å². The van der Waals surface area contributed by atoms with Crippen LogP contribution in [0, 0.1) is 5.41 Å². The highest BCUT2D eigenvalue weighted by atomic mass is 79.9. The molecule has 0 amide bonds. The number of aliphatic hydroxyl groups is 1. The summed E-state index contributed by atoms with van der Waals surface area (Å²) < 4.78 is 0. The molecule has 1 N–H and O–H groups in total. The van der Waals surface area contributed by atoms with Crippen molar-refractivity contribution in [1.29, 1.82) is 0 Å². The van der Waals surface area contributed by atoms with Gasteiger partial charge in [0.15, 0.2) is 0 Å². The molecule has 0 aromatic carbocycles. The van der Waals surface area contributed by atoms with Gasteiger partial charge in [0.2, 0.25) is 0 Å². The van der Waals surface area contributed by atoms with Gasteiger partial charge in [-0.1, -0.05) is 29.8 Å². The number of alkyl halides is 1. The third-order valence-corrected chi connectivity index (χ3v) is 3.31. The first-order chi connectivity index (χ1) is 4.24. The number of rotatable bonds is 4. The maximum Gasteiger partial charge on any atom is 0.0495 e. The minimum Gasteiger partial charge on any atom is -0.396 e. The lowest BCUT2D eigenvalue weighted by atomic mass is 9.86. The topological polar surface area (TPSA) is 20.2 Å². The van der Waals surface area contributed by atoms with Crippen LogP contribution in [-0.2, 0) is 0 Å². The molecule has 0 fully saturated rings. The lowest BCUT2D eigenvalue weighted by molar-refractivity contribution is 0.139. The number of hydrogen-bond donors (Lipinski definition) is 1. The van der Waals surface area contributed by atoms with Crippen LogP contribution in [-0.4, -0.2) is 17.0 Å². The summed E-state index contributed by atoms with van der Waals surface area (Å²) in [6.07, 6.45) is 2.09. The molecule has 0 unspecified atom stereocenters. The van der Waals surface area contributed by atoms with E-state index in [1.54, 1.807) is 0 Å². The summed E-state index contributed by atoms with van der Waals surface area (Å²) in [6, 6.07) is 0. The van der Waals surface area contributed by atoms with Gasteiger partial charge in [-0.3, -0.25) is 0 Å². The summed E-state index contributed by atoms with van der Waals surface area (Å²) >= 11 is 3.39. The van der Waals surface area contributed by atoms with Crippen molar-refractivity contribution in [2.45, 2.75) is 26.7 Å². The molecule has 0 aliphatic rings. The fourth-order valence-corrected chi connectivity index (χ4v) is 1.68. The highest BCUT2D eigenvalue weighted by Gasteiger charge is 2.22. The van der Waals surface area contributed by atoms with Crippen LogP contribution in [0.15, 0.2) is 0 Å². The zero-order chi connectivity index (χ0) is 7.33. The van der Waals surface area contributed by atoms with Gasteiger partial charge in [0.1, 0.15) is 0 Å². The quantitative estimate of drug-likeness (QED) is 0.681. The second-order valence-corrected chi connectivity index (χ2v) is 3.06. The largest absolute Gasteiger partial charge is 0.396 e. The molecule has 0 rings (SSSR count). The zero-order valence-electron chi connectivity index (χ0n) is 6.15. The first-order valence-corrected chi connectivity index (χ1v) is 4.53.